The van der Waals surface area contributed by atoms with Crippen LogP contribution in [0.1, 0.15) is 111 Å². The molecule has 0 aliphatic heterocycles. The number of aliphatic hydroxyl groups excluding tert-OH is 2. The van der Waals surface area contributed by atoms with E-state index in [1.165, 1.54) is 0 Å². The maximum Gasteiger partial charge on any atom is 0.320 e. The van der Waals surface area contributed by atoms with Gasteiger partial charge in [-0.1, -0.05) is 20.8 Å². The second kappa shape index (κ2) is 21.3. The van der Waals surface area contributed by atoms with Crippen LogP contribution in [0.15, 0.2) is 0 Å². The smallest absolute Gasteiger partial charge is 0.320 e. The van der Waals surface area contributed by atoms with Crippen LogP contribution in [0.5, 0.6) is 0 Å². The van der Waals surface area contributed by atoms with E-state index in [1.807, 2.05) is 0 Å². The number of unbranched alkanes of at least 4 members (excludes halogenated alkanes) is 1. The minimum absolute atomic E-state index is 0.0229. The van der Waals surface area contributed by atoms with Crippen molar-refractivity contribution < 1.29 is 69.3 Å². The lowest BCUT2D eigenvalue weighted by Gasteiger charge is -2.63. The molecule has 0 saturated heterocycles. The lowest BCUT2D eigenvalue weighted by atomic mass is 9.43. The first-order valence-electron chi connectivity index (χ1n) is 21.7. The summed E-state index contributed by atoms with van der Waals surface area (Å²) >= 11 is 0. The van der Waals surface area contributed by atoms with Crippen LogP contribution in [0, 0.1) is 46.3 Å². The van der Waals surface area contributed by atoms with Crippen LogP contribution in [0.4, 0.5) is 0 Å². The molecule has 4 fully saturated rings. The van der Waals surface area contributed by atoms with Gasteiger partial charge in [0, 0.05) is 44.9 Å². The summed E-state index contributed by atoms with van der Waals surface area (Å²) in [7, 11) is 0. The number of carboxylic acid groups (broad SMARTS) is 5. The monoisotopic (exact) mass is 852 g/mol. The first-order chi connectivity index (χ1) is 28.2. The van der Waals surface area contributed by atoms with Gasteiger partial charge in [0.15, 0.2) is 0 Å². The average Bonchev–Trinajstić information content (AvgIpc) is 3.51. The molecular formula is C42H68N4O14. The van der Waals surface area contributed by atoms with Crippen molar-refractivity contribution in [3.8, 4) is 0 Å². The Balaban J connectivity index is 1.21. The standard InChI is InChI=1S/C42H68N4O14/c1-24(7-12-35(51)52)27-8-9-28-39-29(20-32(48)42(27,28)3)41(2)14-13-26(18-25(41)19-31(39)47)44-34(50)11-10-33(49)43-15-5-4-6-30(40(59)60)46(23-38(57)58)17-16-45(21-36(53)54)22-37(55)56/h24-32,39,47-48H,4-23H2,1-3H3,(H,43,49)(H,44,50)(H,51,52)(H,53,54)(H,55,56)(H,57,58)(H,59,60)/t24-,25+,26+,27-,28+,29+,30?,31-,32+,39+,41+,42-/m1/s1. The molecule has 1 unspecified atom stereocenters. The number of fused-ring (bicyclic) bond motifs is 5. The fourth-order valence-corrected chi connectivity index (χ4v) is 12.0. The second-order valence-corrected chi connectivity index (χ2v) is 18.6. The summed E-state index contributed by atoms with van der Waals surface area (Å²) in [6.45, 7) is 4.48. The molecule has 340 valence electrons. The number of carbonyl (C=O) groups excluding carboxylic acids is 2. The van der Waals surface area contributed by atoms with Gasteiger partial charge in [-0.2, -0.15) is 0 Å². The molecular weight excluding hydrogens is 784 g/mol. The second-order valence-electron chi connectivity index (χ2n) is 18.6. The number of carboxylic acids is 5. The predicted molar refractivity (Wildman–Crippen MR) is 214 cm³/mol. The van der Waals surface area contributed by atoms with Gasteiger partial charge in [-0.15, -0.1) is 0 Å². The number of rotatable bonds is 24. The SMILES string of the molecule is C[C@H](CCC(=O)O)[C@H]1CC[C@H]2[C@@H]3[C@H](O)C[C@@H]4C[C@@H](NC(=O)CCC(=O)NCCCCC(C(=O)O)N(CCN(CC(=O)O)CC(=O)O)CC(=O)O)CC[C@]4(C)[C@H]3C[C@H](O)[C@]12C. The van der Waals surface area contributed by atoms with Gasteiger partial charge in [-0.3, -0.25) is 43.4 Å². The van der Waals surface area contributed by atoms with E-state index < -0.39 is 67.7 Å². The molecule has 9 N–H and O–H groups in total. The van der Waals surface area contributed by atoms with E-state index in [2.05, 4.69) is 31.4 Å². The number of aliphatic hydroxyl groups is 2. The van der Waals surface area contributed by atoms with Crippen molar-refractivity contribution in [2.45, 2.75) is 135 Å². The molecule has 0 heterocycles. The molecule has 0 aromatic rings. The van der Waals surface area contributed by atoms with Gasteiger partial charge in [0.1, 0.15) is 6.04 Å². The lowest BCUT2D eigenvalue weighted by Crippen LogP contribution is -2.63. The van der Waals surface area contributed by atoms with Crippen LogP contribution in [-0.4, -0.2) is 151 Å². The molecule has 18 nitrogen and oxygen atoms in total. The Morgan fingerprint density at radius 3 is 1.98 bits per heavy atom. The van der Waals surface area contributed by atoms with E-state index in [-0.39, 0.29) is 110 Å². The lowest BCUT2D eigenvalue weighted by molar-refractivity contribution is -0.202. The van der Waals surface area contributed by atoms with Crippen molar-refractivity contribution in [1.82, 2.24) is 20.4 Å². The van der Waals surface area contributed by atoms with E-state index in [9.17, 15) is 59.1 Å². The van der Waals surface area contributed by atoms with Crippen molar-refractivity contribution in [2.75, 3.05) is 39.3 Å². The number of hydrogen-bond acceptors (Lipinski definition) is 11. The minimum Gasteiger partial charge on any atom is -0.481 e. The molecule has 0 aromatic heterocycles. The summed E-state index contributed by atoms with van der Waals surface area (Å²) < 4.78 is 0. The summed E-state index contributed by atoms with van der Waals surface area (Å²) in [5.74, 6) is -5.72. The van der Waals surface area contributed by atoms with Crippen molar-refractivity contribution in [3.05, 3.63) is 0 Å². The maximum atomic E-state index is 13.0. The number of aliphatic carboxylic acids is 5. The summed E-state index contributed by atoms with van der Waals surface area (Å²) in [6.07, 6.45) is 5.57. The topological polar surface area (TPSA) is 292 Å². The average molecular weight is 853 g/mol. The van der Waals surface area contributed by atoms with Crippen molar-refractivity contribution >= 4 is 41.7 Å². The highest BCUT2D eigenvalue weighted by Gasteiger charge is 2.65. The molecule has 2 amide bonds. The quantitative estimate of drug-likeness (QED) is 0.0627. The van der Waals surface area contributed by atoms with E-state index in [0.717, 1.165) is 35.5 Å². The maximum absolute atomic E-state index is 13.0. The molecule has 60 heavy (non-hydrogen) atoms. The number of amides is 2. The highest BCUT2D eigenvalue weighted by Crippen LogP contribution is 2.68. The summed E-state index contributed by atoms with van der Waals surface area (Å²) in [5.41, 5.74) is -0.484. The largest absolute Gasteiger partial charge is 0.481 e. The fourth-order valence-electron chi connectivity index (χ4n) is 12.0. The molecule has 4 aliphatic rings. The summed E-state index contributed by atoms with van der Waals surface area (Å²) in [4.78, 5) is 85.0. The van der Waals surface area contributed by atoms with Gasteiger partial charge in [-0.05, 0) is 117 Å². The number of hydrogen-bond donors (Lipinski definition) is 9. The van der Waals surface area contributed by atoms with Crippen LogP contribution in [0.2, 0.25) is 0 Å². The molecule has 4 aliphatic carbocycles. The number of nitrogens with one attached hydrogen (secondary N) is 2. The van der Waals surface area contributed by atoms with Gasteiger partial charge >= 0.3 is 29.8 Å². The molecule has 0 spiro atoms. The van der Waals surface area contributed by atoms with Gasteiger partial charge in [-0.25, -0.2) is 0 Å². The molecule has 0 bridgehead atoms. The van der Waals surface area contributed by atoms with Crippen LogP contribution in [-0.2, 0) is 33.6 Å². The van der Waals surface area contributed by atoms with E-state index in [1.54, 1.807) is 0 Å². The minimum atomic E-state index is -1.30. The number of carbonyl (C=O) groups is 7. The zero-order valence-corrected chi connectivity index (χ0v) is 35.3. The Morgan fingerprint density at radius 1 is 0.717 bits per heavy atom. The zero-order chi connectivity index (χ0) is 44.5. The molecule has 0 radical (unpaired) electrons. The van der Waals surface area contributed by atoms with Crippen molar-refractivity contribution in [1.29, 1.82) is 0 Å². The highest BCUT2D eigenvalue weighted by atomic mass is 16.4. The van der Waals surface area contributed by atoms with E-state index >= 15 is 0 Å². The van der Waals surface area contributed by atoms with Crippen LogP contribution < -0.4 is 10.6 Å². The van der Waals surface area contributed by atoms with Gasteiger partial charge in [0.2, 0.25) is 11.8 Å². The van der Waals surface area contributed by atoms with E-state index in [0.29, 0.717) is 38.5 Å². The third-order valence-corrected chi connectivity index (χ3v) is 15.0. The molecule has 4 saturated carbocycles. The van der Waals surface area contributed by atoms with Crippen LogP contribution in [0.25, 0.3) is 0 Å². The van der Waals surface area contributed by atoms with Crippen molar-refractivity contribution in [2.24, 2.45) is 46.3 Å². The Hall–Kier alpha value is -3.87. The summed E-state index contributed by atoms with van der Waals surface area (Å²) in [5, 5.41) is 76.0. The summed E-state index contributed by atoms with van der Waals surface area (Å²) in [6, 6.07) is -1.35. The highest BCUT2D eigenvalue weighted by molar-refractivity contribution is 5.83. The third kappa shape index (κ3) is 12.2. The van der Waals surface area contributed by atoms with E-state index in [4.69, 9.17) is 10.2 Å². The first-order valence-corrected chi connectivity index (χ1v) is 21.7. The normalized spacial score (nSPS) is 31.9. The van der Waals surface area contributed by atoms with Crippen molar-refractivity contribution in [3.63, 3.8) is 0 Å². The Labute approximate surface area is 351 Å². The molecule has 0 aromatic carbocycles. The zero-order valence-electron chi connectivity index (χ0n) is 35.3. The fraction of sp³-hybridized carbons (Fsp3) is 0.833. The Kier molecular flexibility index (Phi) is 17.3. The molecule has 12 atom stereocenters. The Bertz CT molecular complexity index is 1550. The van der Waals surface area contributed by atoms with Crippen LogP contribution in [0.3, 0.4) is 0 Å². The Morgan fingerprint density at radius 2 is 1.37 bits per heavy atom. The van der Waals surface area contributed by atoms with Crippen LogP contribution >= 0.6 is 0 Å². The molecule has 4 rings (SSSR count). The van der Waals surface area contributed by atoms with Gasteiger partial charge < -0.3 is 46.4 Å². The van der Waals surface area contributed by atoms with Gasteiger partial charge in [0.25, 0.3) is 0 Å². The predicted octanol–water partition coefficient (Wildman–Crippen LogP) is 1.95. The third-order valence-electron chi connectivity index (χ3n) is 15.0. The number of nitrogens with zero attached hydrogens (tertiary/aromatic N) is 2. The molecule has 18 heteroatoms. The van der Waals surface area contributed by atoms with Gasteiger partial charge in [0.05, 0.1) is 31.8 Å². The first kappa shape index (κ1) is 48.8.